The van der Waals surface area contributed by atoms with Gasteiger partial charge in [-0.15, -0.1) is 0 Å². The van der Waals surface area contributed by atoms with Crippen LogP contribution >= 0.6 is 0 Å². The molecule has 98 valence electrons. The Morgan fingerprint density at radius 1 is 1.21 bits per heavy atom. The summed E-state index contributed by atoms with van der Waals surface area (Å²) in [5.41, 5.74) is 0.0793. The van der Waals surface area contributed by atoms with Gasteiger partial charge in [0.15, 0.2) is 0 Å². The smallest absolute Gasteiger partial charge is 0.243 e. The molecule has 1 aliphatic rings. The molecular formula is C15H15NO3. The summed E-state index contributed by atoms with van der Waals surface area (Å²) in [6.45, 7) is 1.39. The largest absolute Gasteiger partial charge is 0.497 e. The number of rotatable bonds is 2. The van der Waals surface area contributed by atoms with Crippen molar-refractivity contribution >= 4 is 11.6 Å². The molecule has 0 saturated heterocycles. The van der Waals surface area contributed by atoms with Crippen molar-refractivity contribution in [1.29, 1.82) is 0 Å². The molecule has 1 amide bonds. The lowest BCUT2D eigenvalue weighted by atomic mass is 9.89. The zero-order valence-electron chi connectivity index (χ0n) is 10.8. The van der Waals surface area contributed by atoms with Crippen LogP contribution in [0.15, 0.2) is 53.6 Å². The van der Waals surface area contributed by atoms with Crippen molar-refractivity contribution in [1.82, 2.24) is 0 Å². The normalized spacial score (nSPS) is 21.3. The van der Waals surface area contributed by atoms with E-state index in [0.717, 1.165) is 11.3 Å². The summed E-state index contributed by atoms with van der Waals surface area (Å²) in [5.74, 6) is 0.467. The van der Waals surface area contributed by atoms with Gasteiger partial charge in [0.2, 0.25) is 5.91 Å². The highest BCUT2D eigenvalue weighted by atomic mass is 16.5. The number of hydrogen-bond acceptors (Lipinski definition) is 3. The minimum Gasteiger partial charge on any atom is -0.497 e. The molecule has 0 bridgehead atoms. The molecule has 0 unspecified atom stereocenters. The highest BCUT2D eigenvalue weighted by molar-refractivity contribution is 6.10. The predicted octanol–water partition coefficient (Wildman–Crippen LogP) is 2.00. The van der Waals surface area contributed by atoms with Crippen LogP contribution in [0.2, 0.25) is 0 Å². The van der Waals surface area contributed by atoms with Gasteiger partial charge in [-0.25, -0.2) is 4.99 Å². The quantitative estimate of drug-likeness (QED) is 0.881. The van der Waals surface area contributed by atoms with Crippen LogP contribution in [0, 0.1) is 0 Å². The fourth-order valence-electron chi connectivity index (χ4n) is 1.84. The number of aliphatic hydroxyl groups is 1. The summed E-state index contributed by atoms with van der Waals surface area (Å²) >= 11 is 0. The molecule has 4 nitrogen and oxygen atoms in total. The molecule has 0 spiro atoms. The number of carbonyl (C=O) groups excluding carboxylic acids is 1. The number of hydrogen-bond donors (Lipinski definition) is 1. The van der Waals surface area contributed by atoms with Crippen LogP contribution in [0.5, 0.6) is 5.75 Å². The lowest BCUT2D eigenvalue weighted by Crippen LogP contribution is -2.23. The highest BCUT2D eigenvalue weighted by Gasteiger charge is 2.25. The van der Waals surface area contributed by atoms with Gasteiger partial charge < -0.3 is 9.84 Å². The zero-order chi connectivity index (χ0) is 13.9. The number of methoxy groups -OCH3 is 1. The van der Waals surface area contributed by atoms with Crippen molar-refractivity contribution in [2.75, 3.05) is 7.11 Å². The fourth-order valence-corrected chi connectivity index (χ4v) is 1.84. The van der Waals surface area contributed by atoms with Gasteiger partial charge in [-0.1, -0.05) is 12.1 Å². The van der Waals surface area contributed by atoms with Crippen molar-refractivity contribution in [3.8, 4) is 5.75 Å². The number of allylic oxidation sites excluding steroid dienone is 2. The van der Waals surface area contributed by atoms with Gasteiger partial charge in [0, 0.05) is 6.92 Å². The van der Waals surface area contributed by atoms with E-state index < -0.39 is 5.60 Å². The van der Waals surface area contributed by atoms with Crippen LogP contribution in [0.3, 0.4) is 0 Å². The van der Waals surface area contributed by atoms with Crippen molar-refractivity contribution in [2.24, 2.45) is 4.99 Å². The van der Waals surface area contributed by atoms with Gasteiger partial charge in [0.25, 0.3) is 0 Å². The van der Waals surface area contributed by atoms with E-state index in [1.807, 2.05) is 0 Å². The predicted molar refractivity (Wildman–Crippen MR) is 73.3 cm³/mol. The number of amides is 1. The third-order valence-corrected chi connectivity index (χ3v) is 2.86. The number of nitrogens with zero attached hydrogens (tertiary/aromatic N) is 1. The molecule has 0 radical (unpaired) electrons. The first-order chi connectivity index (χ1) is 9.03. The van der Waals surface area contributed by atoms with E-state index in [2.05, 4.69) is 4.99 Å². The lowest BCUT2D eigenvalue weighted by molar-refractivity contribution is -0.115. The molecule has 1 N–H and O–H groups in total. The Morgan fingerprint density at radius 2 is 1.79 bits per heavy atom. The summed E-state index contributed by atoms with van der Waals surface area (Å²) in [4.78, 5) is 14.7. The Kier molecular flexibility index (Phi) is 3.62. The van der Waals surface area contributed by atoms with Gasteiger partial charge in [-0.05, 0) is 42.0 Å². The molecule has 19 heavy (non-hydrogen) atoms. The number of benzene rings is 1. The third-order valence-electron chi connectivity index (χ3n) is 2.86. The molecule has 2 rings (SSSR count). The molecule has 0 atom stereocenters. The molecule has 1 aromatic rings. The second-order valence-corrected chi connectivity index (χ2v) is 4.28. The van der Waals surface area contributed by atoms with Crippen LogP contribution in [-0.2, 0) is 10.4 Å². The first-order valence-electron chi connectivity index (χ1n) is 5.88. The lowest BCUT2D eigenvalue weighted by Gasteiger charge is -2.23. The molecule has 4 heteroatoms. The molecule has 1 aromatic carbocycles. The molecule has 0 aromatic heterocycles. The molecule has 0 heterocycles. The zero-order valence-corrected chi connectivity index (χ0v) is 10.8. The maximum absolute atomic E-state index is 10.9. The molecular weight excluding hydrogens is 242 g/mol. The Hall–Kier alpha value is -2.20. The number of aliphatic imine (C=N–C) groups is 1. The van der Waals surface area contributed by atoms with Gasteiger partial charge in [-0.2, -0.15) is 0 Å². The van der Waals surface area contributed by atoms with Crippen LogP contribution < -0.4 is 4.74 Å². The monoisotopic (exact) mass is 257 g/mol. The standard InChI is InChI=1S/C15H15NO3/c1-11(17)16-13-7-9-15(18,10-8-13)12-3-5-14(19-2)6-4-12/h3-10,18H,1-2H3. The third kappa shape index (κ3) is 2.98. The average molecular weight is 257 g/mol. The van der Waals surface area contributed by atoms with Crippen molar-refractivity contribution in [3.05, 3.63) is 54.1 Å². The van der Waals surface area contributed by atoms with E-state index in [-0.39, 0.29) is 5.91 Å². The van der Waals surface area contributed by atoms with Gasteiger partial charge in [-0.3, -0.25) is 4.79 Å². The molecule has 0 fully saturated rings. The summed E-state index contributed by atoms with van der Waals surface area (Å²) in [6.07, 6.45) is 6.48. The van der Waals surface area contributed by atoms with Gasteiger partial charge in [0.1, 0.15) is 11.4 Å². The molecule has 1 aliphatic carbocycles. The average Bonchev–Trinajstić information content (AvgIpc) is 2.41. The topological polar surface area (TPSA) is 58.9 Å². The number of ether oxygens (including phenoxy) is 1. The van der Waals surface area contributed by atoms with Crippen molar-refractivity contribution in [3.63, 3.8) is 0 Å². The maximum atomic E-state index is 10.9. The first kappa shape index (κ1) is 13.2. The summed E-state index contributed by atoms with van der Waals surface area (Å²) in [7, 11) is 1.59. The summed E-state index contributed by atoms with van der Waals surface area (Å²) < 4.78 is 5.08. The van der Waals surface area contributed by atoms with E-state index in [1.54, 1.807) is 55.7 Å². The minimum absolute atomic E-state index is 0.265. The number of carbonyl (C=O) groups is 1. The Bertz CT molecular complexity index is 552. The van der Waals surface area contributed by atoms with E-state index in [4.69, 9.17) is 4.74 Å². The van der Waals surface area contributed by atoms with Gasteiger partial charge in [0.05, 0.1) is 12.8 Å². The summed E-state index contributed by atoms with van der Waals surface area (Å²) in [6, 6.07) is 7.16. The highest BCUT2D eigenvalue weighted by Crippen LogP contribution is 2.28. The Labute approximate surface area is 111 Å². The Balaban J connectivity index is 2.26. The SMILES string of the molecule is COc1ccc(C2(O)C=CC(=NC(C)=O)C=C2)cc1. The maximum Gasteiger partial charge on any atom is 0.243 e. The molecule has 0 aliphatic heterocycles. The summed E-state index contributed by atoms with van der Waals surface area (Å²) in [5, 5.41) is 10.5. The van der Waals surface area contributed by atoms with Gasteiger partial charge >= 0.3 is 0 Å². The van der Waals surface area contributed by atoms with E-state index in [1.165, 1.54) is 6.92 Å². The van der Waals surface area contributed by atoms with E-state index in [9.17, 15) is 9.90 Å². The fraction of sp³-hybridized carbons (Fsp3) is 0.200. The van der Waals surface area contributed by atoms with Crippen LogP contribution in [-0.4, -0.2) is 23.8 Å². The Morgan fingerprint density at radius 3 is 2.26 bits per heavy atom. The second kappa shape index (κ2) is 5.20. The second-order valence-electron chi connectivity index (χ2n) is 4.28. The first-order valence-corrected chi connectivity index (χ1v) is 5.88. The molecule has 0 saturated carbocycles. The van der Waals surface area contributed by atoms with E-state index in [0.29, 0.717) is 5.71 Å². The minimum atomic E-state index is -1.18. The van der Waals surface area contributed by atoms with Crippen LogP contribution in [0.4, 0.5) is 0 Å². The van der Waals surface area contributed by atoms with Crippen LogP contribution in [0.1, 0.15) is 12.5 Å². The van der Waals surface area contributed by atoms with Crippen molar-refractivity contribution < 1.29 is 14.6 Å². The van der Waals surface area contributed by atoms with Crippen molar-refractivity contribution in [2.45, 2.75) is 12.5 Å². The van der Waals surface area contributed by atoms with Crippen LogP contribution in [0.25, 0.3) is 0 Å². The van der Waals surface area contributed by atoms with E-state index >= 15 is 0 Å².